The Morgan fingerprint density at radius 3 is 2.34 bits per heavy atom. The van der Waals surface area contributed by atoms with Gasteiger partial charge < -0.3 is 10.6 Å². The Bertz CT molecular complexity index is 1390. The maximum absolute atomic E-state index is 13.8. The molecule has 6 rings (SSSR count). The SMILES string of the molecule is CC(C)n1nccc1C(=O)N[C@H](C(=O)Nc1cnn(C(c2nnnn2CC(F)(F)F)C2CC2)c1)C(C1CC1)C1CC1. The summed E-state index contributed by atoms with van der Waals surface area (Å²) in [6.45, 7) is 2.56. The third-order valence-corrected chi connectivity index (χ3v) is 8.05. The number of halogens is 3. The number of carbonyl (C=O) groups is 2. The van der Waals surface area contributed by atoms with E-state index in [-0.39, 0.29) is 35.5 Å². The molecule has 0 aliphatic heterocycles. The second-order valence-corrected chi connectivity index (χ2v) is 11.7. The van der Waals surface area contributed by atoms with Crippen LogP contribution in [0.2, 0.25) is 0 Å². The lowest BCUT2D eigenvalue weighted by atomic mass is 9.88. The van der Waals surface area contributed by atoms with Crippen molar-refractivity contribution in [2.24, 2.45) is 23.7 Å². The van der Waals surface area contributed by atoms with Crippen molar-refractivity contribution in [1.82, 2.24) is 45.1 Å². The molecule has 0 saturated heterocycles. The van der Waals surface area contributed by atoms with Gasteiger partial charge in [-0.1, -0.05) is 0 Å². The van der Waals surface area contributed by atoms with E-state index in [1.54, 1.807) is 23.1 Å². The summed E-state index contributed by atoms with van der Waals surface area (Å²) in [6, 6.07) is 0.264. The summed E-state index contributed by atoms with van der Waals surface area (Å²) >= 11 is 0. The molecule has 2 amide bonds. The van der Waals surface area contributed by atoms with E-state index in [9.17, 15) is 22.8 Å². The van der Waals surface area contributed by atoms with Gasteiger partial charge >= 0.3 is 6.18 Å². The number of hydrogen-bond acceptors (Lipinski definition) is 7. The first-order valence-electron chi connectivity index (χ1n) is 14.1. The molecule has 220 valence electrons. The fourth-order valence-corrected chi connectivity index (χ4v) is 5.79. The number of carbonyl (C=O) groups excluding carboxylic acids is 2. The lowest BCUT2D eigenvalue weighted by Gasteiger charge is -2.27. The van der Waals surface area contributed by atoms with Gasteiger partial charge in [-0.25, -0.2) is 4.68 Å². The predicted molar refractivity (Wildman–Crippen MR) is 138 cm³/mol. The smallest absolute Gasteiger partial charge is 0.339 e. The van der Waals surface area contributed by atoms with Crippen LogP contribution in [0.15, 0.2) is 24.7 Å². The summed E-state index contributed by atoms with van der Waals surface area (Å²) in [5.41, 5.74) is 0.770. The molecule has 3 aromatic rings. The van der Waals surface area contributed by atoms with Crippen molar-refractivity contribution in [3.05, 3.63) is 36.2 Å². The molecular formula is C26H33F3N10O2. The standard InChI is InChI=1S/C26H33F3N10O2/c1-14(2)39-19(9-10-30-39)24(40)33-21(20(15-3-4-15)16-5-6-16)25(41)32-18-11-31-37(12-18)22(17-7-8-17)23-34-35-36-38(23)13-26(27,28)29/h9-12,14-17,20-22H,3-8,13H2,1-2H3,(H,32,41)(H,33,40)/t21-,22?/m0/s1. The zero-order valence-corrected chi connectivity index (χ0v) is 22.8. The van der Waals surface area contributed by atoms with Gasteiger partial charge in [-0.3, -0.25) is 19.0 Å². The Morgan fingerprint density at radius 2 is 1.73 bits per heavy atom. The Kier molecular flexibility index (Phi) is 7.06. The van der Waals surface area contributed by atoms with E-state index < -0.39 is 24.8 Å². The third kappa shape index (κ3) is 6.12. The summed E-state index contributed by atoms with van der Waals surface area (Å²) in [6.07, 6.45) is 5.85. The molecule has 41 heavy (non-hydrogen) atoms. The van der Waals surface area contributed by atoms with Crippen LogP contribution >= 0.6 is 0 Å². The first kappa shape index (κ1) is 27.4. The quantitative estimate of drug-likeness (QED) is 0.338. The van der Waals surface area contributed by atoms with E-state index in [1.165, 1.54) is 10.9 Å². The zero-order valence-electron chi connectivity index (χ0n) is 22.8. The molecule has 3 heterocycles. The molecular weight excluding hydrogens is 541 g/mol. The van der Waals surface area contributed by atoms with Gasteiger partial charge in [-0.2, -0.15) is 23.4 Å². The molecule has 3 saturated carbocycles. The third-order valence-electron chi connectivity index (χ3n) is 8.05. The van der Waals surface area contributed by atoms with Gasteiger partial charge in [0, 0.05) is 18.4 Å². The van der Waals surface area contributed by atoms with E-state index in [0.29, 0.717) is 23.2 Å². The molecule has 15 heteroatoms. The summed E-state index contributed by atoms with van der Waals surface area (Å²) in [4.78, 5) is 27.1. The molecule has 0 spiro atoms. The van der Waals surface area contributed by atoms with E-state index in [0.717, 1.165) is 43.2 Å². The number of aromatic nitrogens is 8. The van der Waals surface area contributed by atoms with Crippen molar-refractivity contribution < 1.29 is 22.8 Å². The molecule has 2 N–H and O–H groups in total. The van der Waals surface area contributed by atoms with Crippen LogP contribution in [0.1, 0.15) is 80.8 Å². The average molecular weight is 575 g/mol. The van der Waals surface area contributed by atoms with Crippen molar-refractivity contribution in [2.45, 2.75) is 83.2 Å². The number of hydrogen-bond donors (Lipinski definition) is 2. The average Bonchev–Trinajstić information content (AvgIpc) is 3.86. The Hall–Kier alpha value is -3.78. The van der Waals surface area contributed by atoms with E-state index in [1.807, 2.05) is 13.8 Å². The fraction of sp³-hybridized carbons (Fsp3) is 0.654. The number of tetrazole rings is 1. The normalized spacial score (nSPS) is 19.0. The molecule has 3 aliphatic carbocycles. The number of nitrogens with one attached hydrogen (secondary N) is 2. The monoisotopic (exact) mass is 574 g/mol. The number of alkyl halides is 3. The second kappa shape index (κ2) is 10.6. The Morgan fingerprint density at radius 1 is 1.05 bits per heavy atom. The fourth-order valence-electron chi connectivity index (χ4n) is 5.79. The molecule has 12 nitrogen and oxygen atoms in total. The molecule has 2 atom stereocenters. The number of anilines is 1. The maximum Gasteiger partial charge on any atom is 0.408 e. The summed E-state index contributed by atoms with van der Waals surface area (Å²) in [7, 11) is 0. The summed E-state index contributed by atoms with van der Waals surface area (Å²) in [5, 5.41) is 25.4. The highest BCUT2D eigenvalue weighted by Crippen LogP contribution is 2.51. The highest BCUT2D eigenvalue weighted by Gasteiger charge is 2.48. The van der Waals surface area contributed by atoms with Crippen molar-refractivity contribution in [2.75, 3.05) is 5.32 Å². The van der Waals surface area contributed by atoms with Crippen molar-refractivity contribution >= 4 is 17.5 Å². The lowest BCUT2D eigenvalue weighted by molar-refractivity contribution is -0.143. The van der Waals surface area contributed by atoms with Gasteiger partial charge in [0.05, 0.1) is 11.9 Å². The molecule has 3 aliphatic rings. The number of nitrogens with zero attached hydrogens (tertiary/aromatic N) is 8. The Labute approximate surface area is 234 Å². The Balaban J connectivity index is 1.22. The van der Waals surface area contributed by atoms with Crippen LogP contribution in [0.25, 0.3) is 0 Å². The highest BCUT2D eigenvalue weighted by atomic mass is 19.4. The minimum atomic E-state index is -4.48. The zero-order chi connectivity index (χ0) is 28.9. The van der Waals surface area contributed by atoms with E-state index in [4.69, 9.17) is 0 Å². The number of amides is 2. The molecule has 0 radical (unpaired) electrons. The van der Waals surface area contributed by atoms with Crippen LogP contribution in [0.3, 0.4) is 0 Å². The largest absolute Gasteiger partial charge is 0.408 e. The van der Waals surface area contributed by atoms with Crippen LogP contribution in [-0.4, -0.2) is 63.8 Å². The number of rotatable bonds is 12. The van der Waals surface area contributed by atoms with Crippen molar-refractivity contribution in [3.63, 3.8) is 0 Å². The van der Waals surface area contributed by atoms with Crippen LogP contribution < -0.4 is 10.6 Å². The minimum Gasteiger partial charge on any atom is -0.339 e. The molecule has 3 fully saturated rings. The lowest BCUT2D eigenvalue weighted by Crippen LogP contribution is -2.50. The van der Waals surface area contributed by atoms with Crippen LogP contribution in [0.5, 0.6) is 0 Å². The van der Waals surface area contributed by atoms with Gasteiger partial charge in [0.1, 0.15) is 24.3 Å². The first-order valence-corrected chi connectivity index (χ1v) is 14.1. The topological polar surface area (TPSA) is 137 Å². The van der Waals surface area contributed by atoms with Gasteiger partial charge in [-0.15, -0.1) is 5.10 Å². The van der Waals surface area contributed by atoms with E-state index in [2.05, 4.69) is 36.4 Å². The van der Waals surface area contributed by atoms with Gasteiger partial charge in [0.25, 0.3) is 5.91 Å². The van der Waals surface area contributed by atoms with Crippen molar-refractivity contribution in [1.29, 1.82) is 0 Å². The molecule has 0 aromatic carbocycles. The van der Waals surface area contributed by atoms with Crippen LogP contribution in [0.4, 0.5) is 18.9 Å². The van der Waals surface area contributed by atoms with E-state index >= 15 is 0 Å². The molecule has 0 bridgehead atoms. The van der Waals surface area contributed by atoms with Crippen LogP contribution in [-0.2, 0) is 11.3 Å². The summed E-state index contributed by atoms with van der Waals surface area (Å²) in [5.74, 6) is 0.177. The predicted octanol–water partition coefficient (Wildman–Crippen LogP) is 3.38. The van der Waals surface area contributed by atoms with Gasteiger partial charge in [-0.05, 0) is 92.5 Å². The minimum absolute atomic E-state index is 0.0237. The maximum atomic E-state index is 13.8. The summed E-state index contributed by atoms with van der Waals surface area (Å²) < 4.78 is 43.2. The molecule has 1 unspecified atom stereocenters. The van der Waals surface area contributed by atoms with Gasteiger partial charge in [0.15, 0.2) is 5.82 Å². The van der Waals surface area contributed by atoms with Crippen molar-refractivity contribution in [3.8, 4) is 0 Å². The first-order chi connectivity index (χ1) is 19.6. The highest BCUT2D eigenvalue weighted by molar-refractivity contribution is 6.00. The molecule has 3 aromatic heterocycles. The van der Waals surface area contributed by atoms with Gasteiger partial charge in [0.2, 0.25) is 5.91 Å². The second-order valence-electron chi connectivity index (χ2n) is 11.7. The van der Waals surface area contributed by atoms with Crippen LogP contribution in [0, 0.1) is 23.7 Å².